The second-order valence-corrected chi connectivity index (χ2v) is 3.39. The maximum absolute atomic E-state index is 11.2. The number of ketones is 1. The van der Waals surface area contributed by atoms with Gasteiger partial charge in [0.1, 0.15) is 6.10 Å². The van der Waals surface area contributed by atoms with Crippen LogP contribution in [0.2, 0.25) is 0 Å². The zero-order valence-electron chi connectivity index (χ0n) is 7.30. The van der Waals surface area contributed by atoms with Crippen LogP contribution < -0.4 is 0 Å². The molecule has 1 aliphatic rings. The van der Waals surface area contributed by atoms with Crippen molar-refractivity contribution in [2.75, 3.05) is 0 Å². The van der Waals surface area contributed by atoms with E-state index in [1.807, 2.05) is 13.8 Å². The van der Waals surface area contributed by atoms with Gasteiger partial charge >= 0.3 is 0 Å². The van der Waals surface area contributed by atoms with Gasteiger partial charge in [-0.1, -0.05) is 0 Å². The Kier molecular flexibility index (Phi) is 3.06. The molecule has 0 amide bonds. The van der Waals surface area contributed by atoms with E-state index in [2.05, 4.69) is 0 Å². The monoisotopic (exact) mass is 156 g/mol. The van der Waals surface area contributed by atoms with Crippen LogP contribution in [0.5, 0.6) is 0 Å². The summed E-state index contributed by atoms with van der Waals surface area (Å²) in [5.41, 5.74) is 0. The largest absolute Gasteiger partial charge is 0.368 e. The summed E-state index contributed by atoms with van der Waals surface area (Å²) >= 11 is 0. The molecule has 0 aliphatic heterocycles. The van der Waals surface area contributed by atoms with Crippen molar-refractivity contribution in [2.45, 2.75) is 51.7 Å². The zero-order chi connectivity index (χ0) is 8.27. The molecular weight excluding hydrogens is 140 g/mol. The van der Waals surface area contributed by atoms with E-state index < -0.39 is 0 Å². The fourth-order valence-corrected chi connectivity index (χ4v) is 1.42. The van der Waals surface area contributed by atoms with Crippen molar-refractivity contribution >= 4 is 5.78 Å². The Morgan fingerprint density at radius 1 is 1.45 bits per heavy atom. The number of hydrogen-bond donors (Lipinski definition) is 0. The molecule has 0 bridgehead atoms. The highest BCUT2D eigenvalue weighted by Crippen LogP contribution is 2.18. The van der Waals surface area contributed by atoms with E-state index in [-0.39, 0.29) is 12.2 Å². The maximum atomic E-state index is 11.2. The van der Waals surface area contributed by atoms with E-state index in [1.165, 1.54) is 0 Å². The first-order chi connectivity index (χ1) is 5.20. The molecule has 0 N–H and O–H groups in total. The SMILES string of the molecule is CC(C)O[C@H]1CCCCC1=O. The Morgan fingerprint density at radius 3 is 2.73 bits per heavy atom. The Balaban J connectivity index is 2.36. The lowest BCUT2D eigenvalue weighted by atomic mass is 9.96. The quantitative estimate of drug-likeness (QED) is 0.610. The summed E-state index contributed by atoms with van der Waals surface area (Å²) in [6, 6.07) is 0. The highest BCUT2D eigenvalue weighted by molar-refractivity contribution is 5.83. The average Bonchev–Trinajstić information content (AvgIpc) is 1.93. The summed E-state index contributed by atoms with van der Waals surface area (Å²) in [4.78, 5) is 11.2. The van der Waals surface area contributed by atoms with Crippen molar-refractivity contribution < 1.29 is 9.53 Å². The van der Waals surface area contributed by atoms with Crippen molar-refractivity contribution in [3.63, 3.8) is 0 Å². The van der Waals surface area contributed by atoms with Gasteiger partial charge in [0.2, 0.25) is 0 Å². The molecule has 0 radical (unpaired) electrons. The first-order valence-corrected chi connectivity index (χ1v) is 4.38. The average molecular weight is 156 g/mol. The summed E-state index contributed by atoms with van der Waals surface area (Å²) in [5, 5.41) is 0. The lowest BCUT2D eigenvalue weighted by molar-refractivity contribution is -0.136. The van der Waals surface area contributed by atoms with Gasteiger partial charge in [-0.15, -0.1) is 0 Å². The summed E-state index contributed by atoms with van der Waals surface area (Å²) in [7, 11) is 0. The summed E-state index contributed by atoms with van der Waals surface area (Å²) in [5.74, 6) is 0.296. The molecule has 0 aromatic rings. The van der Waals surface area contributed by atoms with Crippen LogP contribution in [-0.2, 0) is 9.53 Å². The fraction of sp³-hybridized carbons (Fsp3) is 0.889. The summed E-state index contributed by atoms with van der Waals surface area (Å²) in [6.07, 6.45) is 3.93. The Morgan fingerprint density at radius 2 is 2.18 bits per heavy atom. The minimum atomic E-state index is -0.0938. The standard InChI is InChI=1S/C9H16O2/c1-7(2)11-9-6-4-3-5-8(9)10/h7,9H,3-6H2,1-2H3/t9-/m0/s1. The van der Waals surface area contributed by atoms with E-state index >= 15 is 0 Å². The van der Waals surface area contributed by atoms with Gasteiger partial charge in [0.05, 0.1) is 6.10 Å². The summed E-state index contributed by atoms with van der Waals surface area (Å²) < 4.78 is 5.45. The summed E-state index contributed by atoms with van der Waals surface area (Å²) in [6.45, 7) is 3.95. The molecule has 1 fully saturated rings. The van der Waals surface area contributed by atoms with E-state index in [9.17, 15) is 4.79 Å². The van der Waals surface area contributed by atoms with Gasteiger partial charge < -0.3 is 4.74 Å². The van der Waals surface area contributed by atoms with Gasteiger partial charge in [-0.2, -0.15) is 0 Å². The van der Waals surface area contributed by atoms with E-state index in [0.29, 0.717) is 5.78 Å². The minimum absolute atomic E-state index is 0.0938. The molecule has 2 heteroatoms. The molecule has 1 atom stereocenters. The molecular formula is C9H16O2. The maximum Gasteiger partial charge on any atom is 0.161 e. The molecule has 0 aromatic carbocycles. The van der Waals surface area contributed by atoms with Crippen LogP contribution in [-0.4, -0.2) is 18.0 Å². The Hall–Kier alpha value is -0.370. The van der Waals surface area contributed by atoms with Gasteiger partial charge in [0.15, 0.2) is 5.78 Å². The third kappa shape index (κ3) is 2.62. The first kappa shape index (κ1) is 8.72. The Bertz CT molecular complexity index is 140. The molecule has 11 heavy (non-hydrogen) atoms. The fourth-order valence-electron chi connectivity index (χ4n) is 1.42. The van der Waals surface area contributed by atoms with Crippen molar-refractivity contribution in [2.24, 2.45) is 0 Å². The highest BCUT2D eigenvalue weighted by Gasteiger charge is 2.23. The van der Waals surface area contributed by atoms with E-state index in [4.69, 9.17) is 4.74 Å². The molecule has 1 rings (SSSR count). The topological polar surface area (TPSA) is 26.3 Å². The van der Waals surface area contributed by atoms with Crippen molar-refractivity contribution in [3.8, 4) is 0 Å². The van der Waals surface area contributed by atoms with Crippen LogP contribution in [0.1, 0.15) is 39.5 Å². The lowest BCUT2D eigenvalue weighted by Gasteiger charge is -2.22. The van der Waals surface area contributed by atoms with Crippen LogP contribution in [0.25, 0.3) is 0 Å². The van der Waals surface area contributed by atoms with Crippen molar-refractivity contribution in [1.82, 2.24) is 0 Å². The number of Topliss-reactive ketones (excluding diaryl/α,β-unsaturated/α-hetero) is 1. The number of hydrogen-bond acceptors (Lipinski definition) is 2. The van der Waals surface area contributed by atoms with Crippen LogP contribution in [0.3, 0.4) is 0 Å². The number of carbonyl (C=O) groups is 1. The van der Waals surface area contributed by atoms with Gasteiger partial charge in [-0.3, -0.25) is 4.79 Å². The normalized spacial score (nSPS) is 26.1. The predicted molar refractivity (Wildman–Crippen MR) is 43.5 cm³/mol. The molecule has 64 valence electrons. The second kappa shape index (κ2) is 3.86. The molecule has 0 spiro atoms. The Labute approximate surface area is 67.9 Å². The van der Waals surface area contributed by atoms with Crippen LogP contribution in [0.15, 0.2) is 0 Å². The number of ether oxygens (including phenoxy) is 1. The van der Waals surface area contributed by atoms with Gasteiger partial charge in [-0.25, -0.2) is 0 Å². The second-order valence-electron chi connectivity index (χ2n) is 3.39. The molecule has 0 unspecified atom stereocenters. The smallest absolute Gasteiger partial charge is 0.161 e. The molecule has 0 heterocycles. The molecule has 0 aromatic heterocycles. The molecule has 1 aliphatic carbocycles. The van der Waals surface area contributed by atoms with Gasteiger partial charge in [0.25, 0.3) is 0 Å². The van der Waals surface area contributed by atoms with E-state index in [1.54, 1.807) is 0 Å². The van der Waals surface area contributed by atoms with Gasteiger partial charge in [0, 0.05) is 6.42 Å². The zero-order valence-corrected chi connectivity index (χ0v) is 7.30. The van der Waals surface area contributed by atoms with E-state index in [0.717, 1.165) is 25.7 Å². The van der Waals surface area contributed by atoms with Crippen molar-refractivity contribution in [3.05, 3.63) is 0 Å². The minimum Gasteiger partial charge on any atom is -0.368 e. The van der Waals surface area contributed by atoms with Crippen LogP contribution in [0, 0.1) is 0 Å². The van der Waals surface area contributed by atoms with Crippen molar-refractivity contribution in [1.29, 1.82) is 0 Å². The van der Waals surface area contributed by atoms with Crippen LogP contribution in [0.4, 0.5) is 0 Å². The third-order valence-corrected chi connectivity index (χ3v) is 1.94. The molecule has 1 saturated carbocycles. The van der Waals surface area contributed by atoms with Gasteiger partial charge in [-0.05, 0) is 33.1 Å². The molecule has 2 nitrogen and oxygen atoms in total. The highest BCUT2D eigenvalue weighted by atomic mass is 16.5. The number of rotatable bonds is 2. The predicted octanol–water partition coefficient (Wildman–Crippen LogP) is 1.92. The third-order valence-electron chi connectivity index (χ3n) is 1.94. The number of carbonyl (C=O) groups excluding carboxylic acids is 1. The first-order valence-electron chi connectivity index (χ1n) is 4.38. The lowest BCUT2D eigenvalue weighted by Crippen LogP contribution is -2.29. The molecule has 0 saturated heterocycles. The van der Waals surface area contributed by atoms with Crippen LogP contribution >= 0.6 is 0 Å².